The number of carboxylic acids is 1. The van der Waals surface area contributed by atoms with Crippen LogP contribution in [0.25, 0.3) is 0 Å². The van der Waals surface area contributed by atoms with E-state index in [1.54, 1.807) is 30.3 Å². The molecule has 0 saturated carbocycles. The summed E-state index contributed by atoms with van der Waals surface area (Å²) in [4.78, 5) is 11.0. The van der Waals surface area contributed by atoms with Gasteiger partial charge in [0.1, 0.15) is 11.6 Å². The van der Waals surface area contributed by atoms with Crippen molar-refractivity contribution in [2.75, 3.05) is 7.11 Å². The fourth-order valence-corrected chi connectivity index (χ4v) is 4.33. The van der Waals surface area contributed by atoms with Gasteiger partial charge in [-0.2, -0.15) is 4.31 Å². The quantitative estimate of drug-likeness (QED) is 0.587. The molecule has 1 N–H and O–H groups in total. The van der Waals surface area contributed by atoms with Gasteiger partial charge in [0, 0.05) is 13.1 Å². The van der Waals surface area contributed by atoms with E-state index in [0.717, 1.165) is 5.56 Å². The van der Waals surface area contributed by atoms with E-state index >= 15 is 0 Å². The molecular formula is C22H20FNO5S. The summed E-state index contributed by atoms with van der Waals surface area (Å²) >= 11 is 0. The van der Waals surface area contributed by atoms with Crippen LogP contribution in [0.1, 0.15) is 21.5 Å². The minimum absolute atomic E-state index is 0.0132. The topological polar surface area (TPSA) is 83.9 Å². The van der Waals surface area contributed by atoms with Gasteiger partial charge < -0.3 is 9.84 Å². The number of methoxy groups -OCH3 is 1. The van der Waals surface area contributed by atoms with E-state index in [2.05, 4.69) is 0 Å². The Kier molecular flexibility index (Phi) is 6.49. The Bertz CT molecular complexity index is 1130. The van der Waals surface area contributed by atoms with Crippen molar-refractivity contribution in [3.8, 4) is 5.75 Å². The van der Waals surface area contributed by atoms with Crippen molar-refractivity contribution in [1.82, 2.24) is 4.31 Å². The average Bonchev–Trinajstić information content (AvgIpc) is 2.74. The molecule has 0 heterocycles. The summed E-state index contributed by atoms with van der Waals surface area (Å²) in [5, 5.41) is 9.04. The predicted octanol–water partition coefficient (Wildman–Crippen LogP) is 3.92. The molecule has 0 fully saturated rings. The first-order chi connectivity index (χ1) is 14.3. The molecule has 156 valence electrons. The Morgan fingerprint density at radius 1 is 0.967 bits per heavy atom. The summed E-state index contributed by atoms with van der Waals surface area (Å²) in [6.45, 7) is -0.00364. The van der Waals surface area contributed by atoms with E-state index in [1.807, 2.05) is 0 Å². The molecule has 0 bridgehead atoms. The third-order valence-electron chi connectivity index (χ3n) is 4.50. The minimum atomic E-state index is -3.98. The molecule has 0 aromatic heterocycles. The van der Waals surface area contributed by atoms with Crippen molar-refractivity contribution >= 4 is 16.0 Å². The molecule has 0 amide bonds. The molecule has 0 atom stereocenters. The first kappa shape index (κ1) is 21.5. The van der Waals surface area contributed by atoms with Gasteiger partial charge in [-0.05, 0) is 59.7 Å². The van der Waals surface area contributed by atoms with E-state index in [0.29, 0.717) is 11.3 Å². The lowest BCUT2D eigenvalue weighted by Crippen LogP contribution is -2.30. The van der Waals surface area contributed by atoms with Crippen molar-refractivity contribution in [3.63, 3.8) is 0 Å². The lowest BCUT2D eigenvalue weighted by atomic mass is 10.2. The first-order valence-electron chi connectivity index (χ1n) is 9.00. The molecule has 3 aromatic rings. The Hall–Kier alpha value is -3.23. The van der Waals surface area contributed by atoms with Crippen LogP contribution in [0.3, 0.4) is 0 Å². The zero-order chi connectivity index (χ0) is 21.7. The molecule has 0 saturated heterocycles. The van der Waals surface area contributed by atoms with E-state index in [9.17, 15) is 17.6 Å². The second kappa shape index (κ2) is 9.06. The lowest BCUT2D eigenvalue weighted by Gasteiger charge is -2.23. The normalized spacial score (nSPS) is 11.4. The molecule has 3 aromatic carbocycles. The van der Waals surface area contributed by atoms with E-state index in [-0.39, 0.29) is 23.5 Å². The van der Waals surface area contributed by atoms with Crippen molar-refractivity contribution in [1.29, 1.82) is 0 Å². The van der Waals surface area contributed by atoms with Gasteiger partial charge in [-0.15, -0.1) is 0 Å². The number of halogens is 1. The van der Waals surface area contributed by atoms with Crippen molar-refractivity contribution in [2.45, 2.75) is 18.0 Å². The Morgan fingerprint density at radius 2 is 1.60 bits per heavy atom. The maximum absolute atomic E-state index is 13.6. The Labute approximate surface area is 174 Å². The third kappa shape index (κ3) is 5.03. The molecule has 3 rings (SSSR count). The van der Waals surface area contributed by atoms with Crippen LogP contribution >= 0.6 is 0 Å². The van der Waals surface area contributed by atoms with Crippen LogP contribution in [-0.2, 0) is 23.1 Å². The summed E-state index contributed by atoms with van der Waals surface area (Å²) in [5.41, 5.74) is 1.20. The monoisotopic (exact) mass is 429 g/mol. The number of hydrogen-bond acceptors (Lipinski definition) is 4. The van der Waals surface area contributed by atoms with Gasteiger partial charge >= 0.3 is 5.97 Å². The molecule has 0 aliphatic heterocycles. The largest absolute Gasteiger partial charge is 0.497 e. The minimum Gasteiger partial charge on any atom is -0.497 e. The number of carbonyl (C=O) groups is 1. The molecular weight excluding hydrogens is 409 g/mol. The molecule has 0 radical (unpaired) electrons. The molecule has 0 aliphatic rings. The summed E-state index contributed by atoms with van der Waals surface area (Å²) in [5.74, 6) is -0.962. The van der Waals surface area contributed by atoms with Crippen LogP contribution in [0, 0.1) is 5.82 Å². The fraction of sp³-hybridized carbons (Fsp3) is 0.136. The fourth-order valence-electron chi connectivity index (χ4n) is 2.92. The van der Waals surface area contributed by atoms with Crippen LogP contribution in [0.4, 0.5) is 4.39 Å². The molecule has 0 aliphatic carbocycles. The Morgan fingerprint density at radius 3 is 2.17 bits per heavy atom. The van der Waals surface area contributed by atoms with Crippen LogP contribution < -0.4 is 4.74 Å². The number of hydrogen-bond donors (Lipinski definition) is 1. The maximum atomic E-state index is 13.6. The third-order valence-corrected chi connectivity index (χ3v) is 6.31. The van der Waals surface area contributed by atoms with Crippen molar-refractivity contribution < 1.29 is 27.4 Å². The zero-order valence-electron chi connectivity index (χ0n) is 16.2. The molecule has 0 unspecified atom stereocenters. The van der Waals surface area contributed by atoms with Gasteiger partial charge in [-0.1, -0.05) is 24.3 Å². The molecule has 0 spiro atoms. The van der Waals surface area contributed by atoms with Gasteiger partial charge in [0.25, 0.3) is 0 Å². The summed E-state index contributed by atoms with van der Waals surface area (Å²) in [7, 11) is -2.44. The second-order valence-electron chi connectivity index (χ2n) is 6.58. The average molecular weight is 429 g/mol. The Balaban J connectivity index is 1.96. The number of rotatable bonds is 8. The van der Waals surface area contributed by atoms with Crippen LogP contribution in [-0.4, -0.2) is 30.9 Å². The lowest BCUT2D eigenvalue weighted by molar-refractivity contribution is 0.0696. The highest BCUT2D eigenvalue weighted by atomic mass is 32.2. The molecule has 30 heavy (non-hydrogen) atoms. The maximum Gasteiger partial charge on any atom is 0.335 e. The number of benzene rings is 3. The van der Waals surface area contributed by atoms with Crippen LogP contribution in [0.5, 0.6) is 5.75 Å². The highest BCUT2D eigenvalue weighted by Crippen LogP contribution is 2.23. The molecule has 6 nitrogen and oxygen atoms in total. The SMILES string of the molecule is COc1ccc(CN(Cc2cccc(F)c2)S(=O)(=O)c2ccc(C(=O)O)cc2)cc1. The van der Waals surface area contributed by atoms with Gasteiger partial charge in [0.2, 0.25) is 10.0 Å². The van der Waals surface area contributed by atoms with Crippen molar-refractivity contribution in [3.05, 3.63) is 95.3 Å². The molecule has 8 heteroatoms. The predicted molar refractivity (Wildman–Crippen MR) is 109 cm³/mol. The summed E-state index contributed by atoms with van der Waals surface area (Å²) < 4.78 is 46.6. The number of sulfonamides is 1. The van der Waals surface area contributed by atoms with E-state index < -0.39 is 21.8 Å². The number of aromatic carboxylic acids is 1. The summed E-state index contributed by atoms with van der Waals surface area (Å²) in [6, 6.07) is 17.7. The van der Waals surface area contributed by atoms with Gasteiger partial charge in [-0.3, -0.25) is 0 Å². The highest BCUT2D eigenvalue weighted by molar-refractivity contribution is 7.89. The number of ether oxygens (including phenoxy) is 1. The highest BCUT2D eigenvalue weighted by Gasteiger charge is 2.25. The van der Waals surface area contributed by atoms with E-state index in [4.69, 9.17) is 9.84 Å². The van der Waals surface area contributed by atoms with Gasteiger partial charge in [0.15, 0.2) is 0 Å². The van der Waals surface area contributed by atoms with E-state index in [1.165, 1.54) is 53.9 Å². The zero-order valence-corrected chi connectivity index (χ0v) is 17.0. The standard InChI is InChI=1S/C22H20FNO5S/c1-29-20-9-5-16(6-10-20)14-24(15-17-3-2-4-19(23)13-17)30(27,28)21-11-7-18(8-12-21)22(25)26/h2-13H,14-15H2,1H3,(H,25,26). The second-order valence-corrected chi connectivity index (χ2v) is 8.52. The van der Waals surface area contributed by atoms with Crippen molar-refractivity contribution in [2.24, 2.45) is 0 Å². The van der Waals surface area contributed by atoms with Crippen LogP contribution in [0.2, 0.25) is 0 Å². The summed E-state index contributed by atoms with van der Waals surface area (Å²) in [6.07, 6.45) is 0. The first-order valence-corrected chi connectivity index (χ1v) is 10.4. The van der Waals surface area contributed by atoms with Gasteiger partial charge in [0.05, 0.1) is 17.6 Å². The van der Waals surface area contributed by atoms with Gasteiger partial charge in [-0.25, -0.2) is 17.6 Å². The number of carboxylic acid groups (broad SMARTS) is 1. The van der Waals surface area contributed by atoms with Crippen LogP contribution in [0.15, 0.2) is 77.7 Å². The smallest absolute Gasteiger partial charge is 0.335 e. The number of nitrogens with zero attached hydrogens (tertiary/aromatic N) is 1.